The van der Waals surface area contributed by atoms with E-state index >= 15 is 0 Å². The average molecular weight is 290 g/mol. The predicted molar refractivity (Wildman–Crippen MR) is 71.7 cm³/mol. The first-order valence-corrected chi connectivity index (χ1v) is 7.53. The highest BCUT2D eigenvalue weighted by atomic mass is 79.9. The van der Waals surface area contributed by atoms with Gasteiger partial charge >= 0.3 is 0 Å². The molecule has 1 aliphatic rings. The number of carbonyl (C=O) groups excluding carboxylic acids is 1. The third kappa shape index (κ3) is 4.08. The van der Waals surface area contributed by atoms with Crippen molar-refractivity contribution in [2.45, 2.75) is 52.5 Å². The third-order valence-corrected chi connectivity index (χ3v) is 4.87. The fourth-order valence-electron chi connectivity index (χ4n) is 2.14. The van der Waals surface area contributed by atoms with Crippen LogP contribution < -0.4 is 5.32 Å². The van der Waals surface area contributed by atoms with Crippen molar-refractivity contribution in [1.29, 1.82) is 0 Å². The predicted octanol–water partition coefficient (Wildman–Crippen LogP) is 3.35. The lowest BCUT2D eigenvalue weighted by Crippen LogP contribution is -2.41. The van der Waals surface area contributed by atoms with Gasteiger partial charge in [0, 0.05) is 17.3 Å². The summed E-state index contributed by atoms with van der Waals surface area (Å²) in [6, 6.07) is 0.270. The van der Waals surface area contributed by atoms with Crippen molar-refractivity contribution in [1.82, 2.24) is 5.32 Å². The van der Waals surface area contributed by atoms with Crippen LogP contribution in [-0.4, -0.2) is 17.3 Å². The molecule has 1 fully saturated rings. The van der Waals surface area contributed by atoms with Gasteiger partial charge in [0.2, 0.25) is 5.91 Å². The SMILES string of the molecule is CC1CCC(C(=O)NC(C)C(C)CBr)CC1. The highest BCUT2D eigenvalue weighted by Crippen LogP contribution is 2.28. The van der Waals surface area contributed by atoms with Crippen LogP contribution in [0, 0.1) is 17.8 Å². The molecule has 0 aromatic rings. The van der Waals surface area contributed by atoms with E-state index in [4.69, 9.17) is 0 Å². The maximum atomic E-state index is 12.0. The first-order valence-electron chi connectivity index (χ1n) is 6.41. The summed E-state index contributed by atoms with van der Waals surface area (Å²) >= 11 is 3.46. The van der Waals surface area contributed by atoms with E-state index in [1.165, 1.54) is 12.8 Å². The molecule has 3 heteroatoms. The Bertz CT molecular complexity index is 224. The van der Waals surface area contributed by atoms with E-state index in [0.29, 0.717) is 5.92 Å². The van der Waals surface area contributed by atoms with Crippen molar-refractivity contribution in [3.63, 3.8) is 0 Å². The summed E-state index contributed by atoms with van der Waals surface area (Å²) in [5.74, 6) is 1.84. The van der Waals surface area contributed by atoms with Crippen LogP contribution in [0.5, 0.6) is 0 Å². The van der Waals surface area contributed by atoms with Gasteiger partial charge in [0.1, 0.15) is 0 Å². The Labute approximate surface area is 108 Å². The van der Waals surface area contributed by atoms with E-state index in [2.05, 4.69) is 42.0 Å². The van der Waals surface area contributed by atoms with Crippen LogP contribution in [0.1, 0.15) is 46.5 Å². The van der Waals surface area contributed by atoms with Gasteiger partial charge in [-0.3, -0.25) is 4.79 Å². The Hall–Kier alpha value is -0.0500. The summed E-state index contributed by atoms with van der Waals surface area (Å²) in [5, 5.41) is 4.09. The number of hydrogen-bond acceptors (Lipinski definition) is 1. The van der Waals surface area contributed by atoms with E-state index in [1.807, 2.05) is 0 Å². The molecule has 0 aromatic carbocycles. The molecule has 0 radical (unpaired) electrons. The zero-order valence-corrected chi connectivity index (χ0v) is 12.2. The Morgan fingerprint density at radius 3 is 2.38 bits per heavy atom. The second-order valence-electron chi connectivity index (χ2n) is 5.39. The second kappa shape index (κ2) is 6.63. The summed E-state index contributed by atoms with van der Waals surface area (Å²) < 4.78 is 0. The van der Waals surface area contributed by atoms with E-state index in [0.717, 1.165) is 24.1 Å². The van der Waals surface area contributed by atoms with Gasteiger partial charge in [0.05, 0.1) is 0 Å². The molecule has 0 aromatic heterocycles. The summed E-state index contributed by atoms with van der Waals surface area (Å²) in [7, 11) is 0. The van der Waals surface area contributed by atoms with Crippen molar-refractivity contribution in [2.24, 2.45) is 17.8 Å². The summed E-state index contributed by atoms with van der Waals surface area (Å²) in [4.78, 5) is 12.0. The van der Waals surface area contributed by atoms with Crippen LogP contribution in [0.15, 0.2) is 0 Å². The van der Waals surface area contributed by atoms with Crippen molar-refractivity contribution < 1.29 is 4.79 Å². The van der Waals surface area contributed by atoms with Crippen LogP contribution in [0.25, 0.3) is 0 Å². The van der Waals surface area contributed by atoms with Gasteiger partial charge in [-0.15, -0.1) is 0 Å². The molecule has 0 spiro atoms. The van der Waals surface area contributed by atoms with Gasteiger partial charge in [-0.25, -0.2) is 0 Å². The molecular weight excluding hydrogens is 266 g/mol. The monoisotopic (exact) mass is 289 g/mol. The fourth-order valence-corrected chi connectivity index (χ4v) is 2.70. The van der Waals surface area contributed by atoms with E-state index in [1.54, 1.807) is 0 Å². The average Bonchev–Trinajstić information content (AvgIpc) is 2.28. The molecule has 1 amide bonds. The minimum absolute atomic E-state index is 0.265. The van der Waals surface area contributed by atoms with Gasteiger partial charge in [-0.05, 0) is 44.4 Å². The Kier molecular flexibility index (Phi) is 5.81. The van der Waals surface area contributed by atoms with E-state index < -0.39 is 0 Å². The fraction of sp³-hybridized carbons (Fsp3) is 0.923. The summed E-state index contributed by atoms with van der Waals surface area (Å²) in [5.41, 5.74) is 0. The molecule has 0 heterocycles. The third-order valence-electron chi connectivity index (χ3n) is 3.85. The number of carbonyl (C=O) groups is 1. The second-order valence-corrected chi connectivity index (χ2v) is 6.03. The van der Waals surface area contributed by atoms with Gasteiger partial charge < -0.3 is 5.32 Å². The van der Waals surface area contributed by atoms with Crippen LogP contribution in [0.4, 0.5) is 0 Å². The molecular formula is C13H24BrNO. The van der Waals surface area contributed by atoms with Gasteiger partial charge in [0.15, 0.2) is 0 Å². The zero-order valence-electron chi connectivity index (χ0n) is 10.6. The smallest absolute Gasteiger partial charge is 0.223 e. The summed E-state index contributed by atoms with van der Waals surface area (Å²) in [6.07, 6.45) is 4.56. The molecule has 94 valence electrons. The molecule has 0 saturated heterocycles. The van der Waals surface area contributed by atoms with E-state index in [9.17, 15) is 4.79 Å². The molecule has 0 bridgehead atoms. The van der Waals surface area contributed by atoms with Crippen LogP contribution >= 0.6 is 15.9 Å². The van der Waals surface area contributed by atoms with Gasteiger partial charge in [-0.2, -0.15) is 0 Å². The molecule has 1 saturated carbocycles. The quantitative estimate of drug-likeness (QED) is 0.790. The number of amides is 1. The minimum atomic E-state index is 0.265. The first kappa shape index (κ1) is 14.0. The number of hydrogen-bond donors (Lipinski definition) is 1. The van der Waals surface area contributed by atoms with Crippen LogP contribution in [0.3, 0.4) is 0 Å². The Balaban J connectivity index is 2.34. The largest absolute Gasteiger partial charge is 0.353 e. The standard InChI is InChI=1S/C13H24BrNO/c1-9-4-6-12(7-5-9)13(16)15-11(3)10(2)8-14/h9-12H,4-8H2,1-3H3,(H,15,16). The lowest BCUT2D eigenvalue weighted by molar-refractivity contribution is -0.127. The molecule has 16 heavy (non-hydrogen) atoms. The molecule has 1 N–H and O–H groups in total. The van der Waals surface area contributed by atoms with Gasteiger partial charge in [-0.1, -0.05) is 29.8 Å². The minimum Gasteiger partial charge on any atom is -0.353 e. The molecule has 2 unspecified atom stereocenters. The first-order chi connectivity index (χ1) is 7.54. The van der Waals surface area contributed by atoms with Crippen LogP contribution in [-0.2, 0) is 4.79 Å². The lowest BCUT2D eigenvalue weighted by atomic mass is 9.82. The highest BCUT2D eigenvalue weighted by Gasteiger charge is 2.25. The van der Waals surface area contributed by atoms with E-state index in [-0.39, 0.29) is 17.9 Å². The van der Waals surface area contributed by atoms with Crippen LogP contribution in [0.2, 0.25) is 0 Å². The molecule has 0 aliphatic heterocycles. The van der Waals surface area contributed by atoms with Crippen molar-refractivity contribution >= 4 is 21.8 Å². The number of alkyl halides is 1. The topological polar surface area (TPSA) is 29.1 Å². The number of rotatable bonds is 4. The normalized spacial score (nSPS) is 29.5. The molecule has 2 atom stereocenters. The maximum Gasteiger partial charge on any atom is 0.223 e. The molecule has 2 nitrogen and oxygen atoms in total. The lowest BCUT2D eigenvalue weighted by Gasteiger charge is -2.28. The van der Waals surface area contributed by atoms with Crippen molar-refractivity contribution in [2.75, 3.05) is 5.33 Å². The highest BCUT2D eigenvalue weighted by molar-refractivity contribution is 9.09. The van der Waals surface area contributed by atoms with Crippen molar-refractivity contribution in [3.8, 4) is 0 Å². The Morgan fingerprint density at radius 2 is 1.88 bits per heavy atom. The number of nitrogens with one attached hydrogen (secondary N) is 1. The van der Waals surface area contributed by atoms with Crippen molar-refractivity contribution in [3.05, 3.63) is 0 Å². The summed E-state index contributed by atoms with van der Waals surface area (Å²) in [6.45, 7) is 6.53. The van der Waals surface area contributed by atoms with Gasteiger partial charge in [0.25, 0.3) is 0 Å². The molecule has 1 rings (SSSR count). The Morgan fingerprint density at radius 1 is 1.31 bits per heavy atom. The molecule has 1 aliphatic carbocycles. The zero-order chi connectivity index (χ0) is 12.1. The number of halogens is 1. The maximum absolute atomic E-state index is 12.0.